The van der Waals surface area contributed by atoms with E-state index < -0.39 is 27.6 Å². The number of methoxy groups -OCH3 is 1. The number of hydrogen-bond donors (Lipinski definition) is 2. The number of para-hydroxylation sites is 1. The number of sulfonamides is 1. The molecular formula is C23H25FN3O4PS. The molecule has 0 spiro atoms. The Balaban J connectivity index is 2.24. The Kier molecular flexibility index (Phi) is 7.72. The highest BCUT2D eigenvalue weighted by molar-refractivity contribution is 7.93. The summed E-state index contributed by atoms with van der Waals surface area (Å²) in [7, 11) is -1.16. The summed E-state index contributed by atoms with van der Waals surface area (Å²) in [5, 5.41) is 1.07. The van der Waals surface area contributed by atoms with E-state index in [1.54, 1.807) is 34.4 Å². The lowest BCUT2D eigenvalue weighted by Gasteiger charge is -2.26. The lowest BCUT2D eigenvalue weighted by molar-refractivity contribution is 0.0949. The van der Waals surface area contributed by atoms with Crippen molar-refractivity contribution in [2.45, 2.75) is 18.7 Å². The van der Waals surface area contributed by atoms with E-state index in [0.717, 1.165) is 9.99 Å². The fraction of sp³-hybridized carbons (Fsp3) is 0.217. The van der Waals surface area contributed by atoms with Gasteiger partial charge in [-0.1, -0.05) is 34.0 Å². The average molecular weight is 490 g/mol. The van der Waals surface area contributed by atoms with Gasteiger partial charge in [-0.25, -0.2) is 12.8 Å². The van der Waals surface area contributed by atoms with E-state index >= 15 is 0 Å². The Bertz CT molecular complexity index is 1260. The first-order valence-corrected chi connectivity index (χ1v) is 12.2. The summed E-state index contributed by atoms with van der Waals surface area (Å²) >= 11 is 0. The van der Waals surface area contributed by atoms with Crippen molar-refractivity contribution in [1.29, 1.82) is 0 Å². The van der Waals surface area contributed by atoms with E-state index in [0.29, 0.717) is 34.0 Å². The molecule has 0 fully saturated rings. The molecule has 1 aromatic carbocycles. The third kappa shape index (κ3) is 5.02. The summed E-state index contributed by atoms with van der Waals surface area (Å²) < 4.78 is 44.9. The molecule has 2 atom stereocenters. The second kappa shape index (κ2) is 10.3. The van der Waals surface area contributed by atoms with Crippen LogP contribution in [0.2, 0.25) is 0 Å². The van der Waals surface area contributed by atoms with E-state index in [1.807, 2.05) is 30.3 Å². The maximum atomic E-state index is 13.8. The van der Waals surface area contributed by atoms with Gasteiger partial charge in [0.25, 0.3) is 10.0 Å². The molecular weight excluding hydrogens is 464 g/mol. The van der Waals surface area contributed by atoms with Crippen molar-refractivity contribution in [1.82, 2.24) is 9.29 Å². The summed E-state index contributed by atoms with van der Waals surface area (Å²) in [4.78, 5) is 16.3. The number of rotatable bonds is 8. The molecule has 2 heterocycles. The van der Waals surface area contributed by atoms with E-state index in [-0.39, 0.29) is 6.54 Å². The van der Waals surface area contributed by atoms with Crippen LogP contribution in [0.3, 0.4) is 0 Å². The van der Waals surface area contributed by atoms with Gasteiger partial charge in [0.2, 0.25) is 5.24 Å². The zero-order valence-electron chi connectivity index (χ0n) is 18.3. The first-order chi connectivity index (χ1) is 15.7. The monoisotopic (exact) mass is 489 g/mol. The van der Waals surface area contributed by atoms with E-state index in [4.69, 9.17) is 4.74 Å². The summed E-state index contributed by atoms with van der Waals surface area (Å²) in [5.41, 5.74) is 5.67. The van der Waals surface area contributed by atoms with Crippen LogP contribution in [0, 0.1) is 0 Å². The van der Waals surface area contributed by atoms with Gasteiger partial charge in [-0.15, -0.1) is 5.73 Å². The molecule has 2 N–H and O–H groups in total. The van der Waals surface area contributed by atoms with Crippen molar-refractivity contribution in [2.24, 2.45) is 0 Å². The molecule has 2 aromatic rings. The number of fused-ring (bicyclic) bond motifs is 1. The van der Waals surface area contributed by atoms with Crippen LogP contribution in [0.5, 0.6) is 0 Å². The fourth-order valence-corrected chi connectivity index (χ4v) is 4.99. The molecule has 0 aliphatic carbocycles. The zero-order chi connectivity index (χ0) is 24.2. The van der Waals surface area contributed by atoms with E-state index in [9.17, 15) is 17.6 Å². The zero-order valence-corrected chi connectivity index (χ0v) is 20.2. The number of halogens is 1. The number of benzene rings is 1. The highest BCUT2D eigenvalue weighted by Crippen LogP contribution is 2.39. The maximum Gasteiger partial charge on any atom is 0.250 e. The van der Waals surface area contributed by atoms with E-state index in [2.05, 4.69) is 22.6 Å². The number of ketones is 1. The standard InChI is InChI=1S/C23H25FN3O4PS/c1-4-6-12-16(19(5-2)31-3)21-22(25-15-10-8-7-9-11-15)20-17(26-21)13-27(14-18(20)28)33(29,30)23(24)32/h5-12,23,25-26H,1,13-14,32H2,2-3H3/b16-12+,19-5+. The number of ether oxygens (including phenoxy) is 1. The van der Waals surface area contributed by atoms with Crippen molar-refractivity contribution in [2.75, 3.05) is 19.0 Å². The quantitative estimate of drug-likeness (QED) is 0.247. The Labute approximate surface area is 195 Å². The summed E-state index contributed by atoms with van der Waals surface area (Å²) in [6.07, 6.45) is 5.08. The molecule has 2 unspecified atom stereocenters. The molecule has 1 aliphatic rings. The molecule has 0 bridgehead atoms. The van der Waals surface area contributed by atoms with Gasteiger partial charge >= 0.3 is 0 Å². The SMILES string of the molecule is C=C=C/C=C(\C(=C/C)OC)c1[nH]c2c(c1Nc1ccccc1)C(=O)CN(S(=O)(=O)C(F)P)C2. The number of nitrogens with zero attached hydrogens (tertiary/aromatic N) is 1. The first-order valence-electron chi connectivity index (χ1n) is 10.0. The number of H-pyrrole nitrogens is 1. The largest absolute Gasteiger partial charge is 0.496 e. The van der Waals surface area contributed by atoms with Crippen LogP contribution in [0.15, 0.2) is 66.6 Å². The lowest BCUT2D eigenvalue weighted by Crippen LogP contribution is -2.41. The van der Waals surface area contributed by atoms with E-state index in [1.165, 1.54) is 7.11 Å². The van der Waals surface area contributed by atoms with Gasteiger partial charge < -0.3 is 15.0 Å². The molecule has 1 aromatic heterocycles. The number of aromatic nitrogens is 1. The molecule has 1 aliphatic heterocycles. The van der Waals surface area contributed by atoms with Crippen molar-refractivity contribution >= 4 is 42.0 Å². The predicted molar refractivity (Wildman–Crippen MR) is 131 cm³/mol. The second-order valence-corrected chi connectivity index (χ2v) is 10.2. The number of anilines is 2. The molecule has 33 heavy (non-hydrogen) atoms. The minimum absolute atomic E-state index is 0.176. The summed E-state index contributed by atoms with van der Waals surface area (Å²) in [6, 6.07) is 9.25. The lowest BCUT2D eigenvalue weighted by atomic mass is 10.0. The number of carbonyl (C=O) groups excluding carboxylic acids is 1. The van der Waals surface area contributed by atoms with Crippen LogP contribution < -0.4 is 5.32 Å². The number of alkyl halides is 1. The number of hydrogen-bond acceptors (Lipinski definition) is 5. The third-order valence-corrected chi connectivity index (χ3v) is 7.66. The molecule has 174 valence electrons. The van der Waals surface area contributed by atoms with Gasteiger partial charge in [-0.2, -0.15) is 4.31 Å². The van der Waals surface area contributed by atoms with Gasteiger partial charge in [0, 0.05) is 17.0 Å². The number of aromatic amines is 1. The minimum Gasteiger partial charge on any atom is -0.496 e. The minimum atomic E-state index is -4.30. The van der Waals surface area contributed by atoms with Crippen LogP contribution in [-0.2, 0) is 21.3 Å². The Hall–Kier alpha value is -2.96. The first kappa shape index (κ1) is 24.7. The van der Waals surface area contributed by atoms with Crippen LogP contribution in [0.4, 0.5) is 15.8 Å². The smallest absolute Gasteiger partial charge is 0.250 e. The van der Waals surface area contributed by atoms with Gasteiger partial charge in [-0.3, -0.25) is 4.79 Å². The molecule has 0 saturated carbocycles. The van der Waals surface area contributed by atoms with Gasteiger partial charge in [0.15, 0.2) is 5.78 Å². The van der Waals surface area contributed by atoms with Crippen molar-refractivity contribution in [3.05, 3.63) is 83.6 Å². The maximum absolute atomic E-state index is 13.8. The van der Waals surface area contributed by atoms with Crippen molar-refractivity contribution in [3.8, 4) is 0 Å². The normalized spacial score (nSPS) is 16.1. The van der Waals surface area contributed by atoms with Crippen molar-refractivity contribution in [3.63, 3.8) is 0 Å². The van der Waals surface area contributed by atoms with Crippen LogP contribution in [-0.4, -0.2) is 42.4 Å². The topological polar surface area (TPSA) is 91.5 Å². The summed E-state index contributed by atoms with van der Waals surface area (Å²) in [6.45, 7) is 4.75. The number of allylic oxidation sites excluding steroid dienone is 4. The Morgan fingerprint density at radius 1 is 1.36 bits per heavy atom. The van der Waals surface area contributed by atoms with Crippen LogP contribution >= 0.6 is 9.24 Å². The number of nitrogens with one attached hydrogen (secondary N) is 2. The van der Waals surface area contributed by atoms with Gasteiger partial charge in [0.05, 0.1) is 37.1 Å². The average Bonchev–Trinajstić information content (AvgIpc) is 3.15. The van der Waals surface area contributed by atoms with Gasteiger partial charge in [-0.05, 0) is 37.3 Å². The number of Topliss-reactive ketones (excluding diaryl/α,β-unsaturated/α-hetero) is 1. The van der Waals surface area contributed by atoms with Crippen LogP contribution in [0.1, 0.15) is 28.7 Å². The molecule has 10 heteroatoms. The Morgan fingerprint density at radius 3 is 2.64 bits per heavy atom. The third-order valence-electron chi connectivity index (χ3n) is 5.08. The molecule has 0 saturated heterocycles. The Morgan fingerprint density at radius 2 is 2.06 bits per heavy atom. The highest BCUT2D eigenvalue weighted by atomic mass is 32.2. The van der Waals surface area contributed by atoms with Crippen molar-refractivity contribution < 1.29 is 22.3 Å². The molecule has 0 amide bonds. The number of carbonyl (C=O) groups is 1. The highest BCUT2D eigenvalue weighted by Gasteiger charge is 2.38. The summed E-state index contributed by atoms with van der Waals surface area (Å²) in [5.74, 6) is 0.0615. The predicted octanol–water partition coefficient (Wildman–Crippen LogP) is 4.49. The van der Waals surface area contributed by atoms with Gasteiger partial charge in [0.1, 0.15) is 5.76 Å². The van der Waals surface area contributed by atoms with Crippen LogP contribution in [0.25, 0.3) is 5.57 Å². The second-order valence-electron chi connectivity index (χ2n) is 7.12. The molecule has 0 radical (unpaired) electrons. The molecule has 3 rings (SSSR count). The molecule has 7 nitrogen and oxygen atoms in total. The fourth-order valence-electron chi connectivity index (χ4n) is 3.58.